The maximum atomic E-state index is 12.2. The first-order valence-corrected chi connectivity index (χ1v) is 8.77. The molecule has 3 N–H and O–H groups in total. The lowest BCUT2D eigenvalue weighted by Gasteiger charge is -2.02. The molecule has 0 spiro atoms. The molecule has 2 aromatic rings. The van der Waals surface area contributed by atoms with Crippen LogP contribution in [0.25, 0.3) is 6.08 Å². The number of carbonyl (C=O) groups is 3. The van der Waals surface area contributed by atoms with Gasteiger partial charge in [0.15, 0.2) is 0 Å². The van der Waals surface area contributed by atoms with Crippen LogP contribution in [-0.2, 0) is 9.53 Å². The summed E-state index contributed by atoms with van der Waals surface area (Å²) in [4.78, 5) is 35.8. The normalized spacial score (nSPS) is 10.8. The van der Waals surface area contributed by atoms with Gasteiger partial charge in [-0.25, -0.2) is 4.79 Å². The summed E-state index contributed by atoms with van der Waals surface area (Å²) in [6, 6.07) is 4.85. The maximum absolute atomic E-state index is 12.2. The van der Waals surface area contributed by atoms with Crippen molar-refractivity contribution in [3.63, 3.8) is 0 Å². The average molecular weight is 413 g/mol. The van der Waals surface area contributed by atoms with Crippen molar-refractivity contribution in [3.05, 3.63) is 55.9 Å². The van der Waals surface area contributed by atoms with Gasteiger partial charge in [-0.1, -0.05) is 29.3 Å². The number of nitrogens with one attached hydrogen (secondary N) is 1. The molecule has 6 nitrogen and oxygen atoms in total. The van der Waals surface area contributed by atoms with Crippen LogP contribution in [-0.4, -0.2) is 24.9 Å². The Kier molecular flexibility index (Phi) is 6.42. The number of hydrogen-bond acceptors (Lipinski definition) is 5. The number of methoxy groups -OCH3 is 1. The molecule has 0 unspecified atom stereocenters. The fourth-order valence-electron chi connectivity index (χ4n) is 2.14. The topological polar surface area (TPSA) is 98.5 Å². The standard InChI is InChI=1S/C17H14Cl2N2O4S/c1-8-13(15(20)23)16(26-14(8)17(24)25-2)21-12(22)6-4-9-3-5-10(18)7-11(9)19/h3-7H,1-2H3,(H2,20,23)(H,21,22). The van der Waals surface area contributed by atoms with Crippen molar-refractivity contribution in [1.29, 1.82) is 0 Å². The number of thiophene rings is 1. The Morgan fingerprint density at radius 2 is 1.96 bits per heavy atom. The zero-order valence-corrected chi connectivity index (χ0v) is 16.1. The van der Waals surface area contributed by atoms with Crippen LogP contribution >= 0.6 is 34.5 Å². The van der Waals surface area contributed by atoms with Crippen molar-refractivity contribution < 1.29 is 19.1 Å². The maximum Gasteiger partial charge on any atom is 0.348 e. The summed E-state index contributed by atoms with van der Waals surface area (Å²) in [6.45, 7) is 1.56. The molecule has 0 atom stereocenters. The molecule has 1 aromatic carbocycles. The number of anilines is 1. The molecular formula is C17H14Cl2N2O4S. The highest BCUT2D eigenvalue weighted by Crippen LogP contribution is 2.33. The molecular weight excluding hydrogens is 399 g/mol. The van der Waals surface area contributed by atoms with Gasteiger partial charge in [-0.3, -0.25) is 9.59 Å². The zero-order chi connectivity index (χ0) is 19.4. The molecule has 0 aliphatic heterocycles. The molecule has 1 heterocycles. The van der Waals surface area contributed by atoms with E-state index >= 15 is 0 Å². The number of esters is 1. The first-order chi connectivity index (χ1) is 12.2. The van der Waals surface area contributed by atoms with Gasteiger partial charge in [0.1, 0.15) is 9.88 Å². The summed E-state index contributed by atoms with van der Waals surface area (Å²) >= 11 is 12.8. The van der Waals surface area contributed by atoms with E-state index in [0.717, 1.165) is 11.3 Å². The minimum atomic E-state index is -0.756. The second kappa shape index (κ2) is 8.35. The summed E-state index contributed by atoms with van der Waals surface area (Å²) < 4.78 is 4.67. The van der Waals surface area contributed by atoms with Gasteiger partial charge in [0, 0.05) is 16.1 Å². The summed E-state index contributed by atoms with van der Waals surface area (Å²) in [5, 5.41) is 3.59. The minimum absolute atomic E-state index is 0.0710. The van der Waals surface area contributed by atoms with E-state index < -0.39 is 17.8 Å². The van der Waals surface area contributed by atoms with Crippen LogP contribution in [0.15, 0.2) is 24.3 Å². The first kappa shape index (κ1) is 20.0. The Morgan fingerprint density at radius 3 is 2.54 bits per heavy atom. The van der Waals surface area contributed by atoms with Crippen LogP contribution in [0.1, 0.15) is 31.2 Å². The number of primary amides is 1. The van der Waals surface area contributed by atoms with Gasteiger partial charge in [-0.05, 0) is 36.3 Å². The number of carbonyl (C=O) groups excluding carboxylic acids is 3. The number of amides is 2. The van der Waals surface area contributed by atoms with E-state index in [1.54, 1.807) is 25.1 Å². The summed E-state index contributed by atoms with van der Waals surface area (Å²) in [5.41, 5.74) is 6.38. The van der Waals surface area contributed by atoms with Crippen LogP contribution in [0.2, 0.25) is 10.0 Å². The number of benzene rings is 1. The third-order valence-electron chi connectivity index (χ3n) is 3.38. The predicted molar refractivity (Wildman–Crippen MR) is 103 cm³/mol. The molecule has 26 heavy (non-hydrogen) atoms. The lowest BCUT2D eigenvalue weighted by atomic mass is 10.1. The largest absolute Gasteiger partial charge is 0.465 e. The SMILES string of the molecule is COC(=O)c1sc(NC(=O)C=Cc2ccc(Cl)cc2Cl)c(C(N)=O)c1C. The molecule has 2 rings (SSSR count). The molecule has 1 aromatic heterocycles. The fraction of sp³-hybridized carbons (Fsp3) is 0.118. The molecule has 0 radical (unpaired) electrons. The molecule has 2 amide bonds. The van der Waals surface area contributed by atoms with Crippen molar-refractivity contribution in [2.24, 2.45) is 5.73 Å². The molecule has 0 aliphatic rings. The van der Waals surface area contributed by atoms with Crippen LogP contribution in [0.3, 0.4) is 0 Å². The highest BCUT2D eigenvalue weighted by molar-refractivity contribution is 7.18. The van der Waals surface area contributed by atoms with Gasteiger partial charge in [-0.15, -0.1) is 11.3 Å². The van der Waals surface area contributed by atoms with Crippen LogP contribution in [0.4, 0.5) is 5.00 Å². The molecule has 0 saturated carbocycles. The fourth-order valence-corrected chi connectivity index (χ4v) is 3.75. The Hall–Kier alpha value is -2.35. The van der Waals surface area contributed by atoms with Crippen molar-refractivity contribution >= 4 is 63.4 Å². The lowest BCUT2D eigenvalue weighted by Crippen LogP contribution is -2.16. The Labute approximate surface area is 163 Å². The molecule has 0 aliphatic carbocycles. The van der Waals surface area contributed by atoms with E-state index in [0.29, 0.717) is 21.2 Å². The molecule has 0 fully saturated rings. The number of halogens is 2. The monoisotopic (exact) mass is 412 g/mol. The van der Waals surface area contributed by atoms with Crippen LogP contribution in [0.5, 0.6) is 0 Å². The Balaban J connectivity index is 2.27. The van der Waals surface area contributed by atoms with Crippen LogP contribution in [0, 0.1) is 6.92 Å². The smallest absolute Gasteiger partial charge is 0.348 e. The molecule has 136 valence electrons. The van der Waals surface area contributed by atoms with Crippen molar-refractivity contribution in [1.82, 2.24) is 0 Å². The molecule has 0 bridgehead atoms. The van der Waals surface area contributed by atoms with E-state index in [4.69, 9.17) is 28.9 Å². The highest BCUT2D eigenvalue weighted by Gasteiger charge is 2.24. The molecule has 0 saturated heterocycles. The predicted octanol–water partition coefficient (Wildman–Crippen LogP) is 3.90. The Morgan fingerprint density at radius 1 is 1.27 bits per heavy atom. The highest BCUT2D eigenvalue weighted by atomic mass is 35.5. The second-order valence-electron chi connectivity index (χ2n) is 5.10. The summed E-state index contributed by atoms with van der Waals surface area (Å²) in [5.74, 6) is -1.89. The number of hydrogen-bond donors (Lipinski definition) is 2. The third kappa shape index (κ3) is 4.43. The van der Waals surface area contributed by atoms with Gasteiger partial charge in [0.2, 0.25) is 5.91 Å². The van der Waals surface area contributed by atoms with Crippen molar-refractivity contribution in [3.8, 4) is 0 Å². The van der Waals surface area contributed by atoms with E-state index in [1.807, 2.05) is 0 Å². The van der Waals surface area contributed by atoms with E-state index in [9.17, 15) is 14.4 Å². The number of rotatable bonds is 5. The minimum Gasteiger partial charge on any atom is -0.465 e. The van der Waals surface area contributed by atoms with E-state index in [-0.39, 0.29) is 15.4 Å². The van der Waals surface area contributed by atoms with Gasteiger partial charge >= 0.3 is 5.97 Å². The number of ether oxygens (including phenoxy) is 1. The molecule has 9 heteroatoms. The van der Waals surface area contributed by atoms with Gasteiger partial charge in [0.05, 0.1) is 12.7 Å². The first-order valence-electron chi connectivity index (χ1n) is 7.20. The summed E-state index contributed by atoms with van der Waals surface area (Å²) in [6.07, 6.45) is 2.74. The zero-order valence-electron chi connectivity index (χ0n) is 13.8. The third-order valence-corrected chi connectivity index (χ3v) is 5.13. The average Bonchev–Trinajstić information content (AvgIpc) is 2.89. The van der Waals surface area contributed by atoms with E-state index in [1.165, 1.54) is 19.3 Å². The lowest BCUT2D eigenvalue weighted by molar-refractivity contribution is -0.111. The van der Waals surface area contributed by atoms with Crippen LogP contribution < -0.4 is 11.1 Å². The van der Waals surface area contributed by atoms with Crippen molar-refractivity contribution in [2.75, 3.05) is 12.4 Å². The quantitative estimate of drug-likeness (QED) is 0.574. The summed E-state index contributed by atoms with van der Waals surface area (Å²) in [7, 11) is 1.22. The number of nitrogens with two attached hydrogens (primary N) is 1. The Bertz CT molecular complexity index is 922. The van der Waals surface area contributed by atoms with Gasteiger partial charge < -0.3 is 15.8 Å². The van der Waals surface area contributed by atoms with E-state index in [2.05, 4.69) is 10.1 Å². The van der Waals surface area contributed by atoms with Gasteiger partial charge in [-0.2, -0.15) is 0 Å². The van der Waals surface area contributed by atoms with Gasteiger partial charge in [0.25, 0.3) is 5.91 Å². The second-order valence-corrected chi connectivity index (χ2v) is 6.97. The van der Waals surface area contributed by atoms with Crippen molar-refractivity contribution in [2.45, 2.75) is 6.92 Å².